The molecule has 1 heterocycles. The molecule has 20 heavy (non-hydrogen) atoms. The average Bonchev–Trinajstić information content (AvgIpc) is 2.85. The lowest BCUT2D eigenvalue weighted by molar-refractivity contribution is 0.809. The van der Waals surface area contributed by atoms with E-state index in [0.29, 0.717) is 0 Å². The number of hydrogen-bond donors (Lipinski definition) is 0. The van der Waals surface area contributed by atoms with Crippen LogP contribution in [0.4, 0.5) is 0 Å². The Morgan fingerprint density at radius 2 is 1.60 bits per heavy atom. The molecular weight excluding hydrogens is 244 g/mol. The number of aryl methyl sites for hydroxylation is 2. The molecule has 0 N–H and O–H groups in total. The van der Waals surface area contributed by atoms with Gasteiger partial charge in [0.2, 0.25) is 0 Å². The molecule has 0 saturated carbocycles. The molecule has 102 valence electrons. The molecule has 0 radical (unpaired) electrons. The topological polar surface area (TPSA) is 17.8 Å². The van der Waals surface area contributed by atoms with Gasteiger partial charge in [-0.1, -0.05) is 18.2 Å². The highest BCUT2D eigenvalue weighted by molar-refractivity contribution is 5.75. The second-order valence-electron chi connectivity index (χ2n) is 5.60. The van der Waals surface area contributed by atoms with Crippen molar-refractivity contribution in [3.63, 3.8) is 0 Å². The van der Waals surface area contributed by atoms with Crippen LogP contribution in [-0.2, 0) is 6.54 Å². The lowest BCUT2D eigenvalue weighted by atomic mass is 9.94. The predicted octanol–water partition coefficient (Wildman–Crippen LogP) is 4.32. The van der Waals surface area contributed by atoms with E-state index < -0.39 is 0 Å². The number of rotatable bonds is 2. The number of nitrogens with zero attached hydrogens (tertiary/aromatic N) is 2. The van der Waals surface area contributed by atoms with Crippen LogP contribution >= 0.6 is 0 Å². The fourth-order valence-electron chi connectivity index (χ4n) is 2.84. The Morgan fingerprint density at radius 3 is 2.30 bits per heavy atom. The maximum absolute atomic E-state index is 4.48. The smallest absolute Gasteiger partial charge is 0.0961 e. The van der Waals surface area contributed by atoms with Gasteiger partial charge in [-0.05, 0) is 67.6 Å². The number of aromatic nitrogens is 2. The first kappa shape index (κ1) is 12.9. The molecule has 2 aromatic carbocycles. The van der Waals surface area contributed by atoms with E-state index in [-0.39, 0.29) is 0 Å². The summed E-state index contributed by atoms with van der Waals surface area (Å²) in [5.41, 5.74) is 9.21. The van der Waals surface area contributed by atoms with E-state index in [0.717, 1.165) is 12.1 Å². The van der Waals surface area contributed by atoms with Crippen molar-refractivity contribution in [2.24, 2.45) is 0 Å². The largest absolute Gasteiger partial charge is 0.326 e. The van der Waals surface area contributed by atoms with Gasteiger partial charge in [0.25, 0.3) is 0 Å². The van der Waals surface area contributed by atoms with Crippen LogP contribution in [0.25, 0.3) is 11.0 Å². The molecule has 0 amide bonds. The first-order valence-corrected chi connectivity index (χ1v) is 7.04. The quantitative estimate of drug-likeness (QED) is 0.674. The Balaban J connectivity index is 2.12. The standard InChI is InChI=1S/C18H20N2/c1-12-9-13(2)15(4)16(14(12)3)10-20-11-19-17-7-5-6-8-18(17)20/h5-9,11H,10H2,1-4H3. The van der Waals surface area contributed by atoms with Gasteiger partial charge in [-0.2, -0.15) is 0 Å². The summed E-state index contributed by atoms with van der Waals surface area (Å²) in [6.45, 7) is 9.71. The highest BCUT2D eigenvalue weighted by atomic mass is 15.0. The molecule has 3 aromatic rings. The molecule has 0 bridgehead atoms. The van der Waals surface area contributed by atoms with Crippen molar-refractivity contribution < 1.29 is 0 Å². The third-order valence-electron chi connectivity index (χ3n) is 4.38. The minimum atomic E-state index is 0.890. The minimum absolute atomic E-state index is 0.890. The zero-order chi connectivity index (χ0) is 14.3. The summed E-state index contributed by atoms with van der Waals surface area (Å²) in [4.78, 5) is 4.48. The van der Waals surface area contributed by atoms with Gasteiger partial charge in [0.1, 0.15) is 0 Å². The van der Waals surface area contributed by atoms with Crippen molar-refractivity contribution in [1.29, 1.82) is 0 Å². The first-order chi connectivity index (χ1) is 9.58. The summed E-state index contributed by atoms with van der Waals surface area (Å²) in [6.07, 6.45) is 1.95. The first-order valence-electron chi connectivity index (χ1n) is 7.04. The number of para-hydroxylation sites is 2. The van der Waals surface area contributed by atoms with E-state index in [1.165, 1.54) is 33.3 Å². The SMILES string of the molecule is Cc1cc(C)c(C)c(Cn2cnc3ccccc32)c1C. The number of imidazole rings is 1. The van der Waals surface area contributed by atoms with Crippen LogP contribution in [-0.4, -0.2) is 9.55 Å². The van der Waals surface area contributed by atoms with Gasteiger partial charge in [0, 0.05) is 6.54 Å². The Kier molecular flexibility index (Phi) is 3.09. The molecule has 0 saturated heterocycles. The van der Waals surface area contributed by atoms with Crippen molar-refractivity contribution in [2.45, 2.75) is 34.2 Å². The molecule has 0 aliphatic rings. The van der Waals surface area contributed by atoms with Gasteiger partial charge in [0.05, 0.1) is 17.4 Å². The summed E-state index contributed by atoms with van der Waals surface area (Å²) in [5.74, 6) is 0. The van der Waals surface area contributed by atoms with Gasteiger partial charge in [-0.15, -0.1) is 0 Å². The zero-order valence-electron chi connectivity index (χ0n) is 12.6. The van der Waals surface area contributed by atoms with Crippen LogP contribution in [0, 0.1) is 27.7 Å². The molecule has 0 spiro atoms. The van der Waals surface area contributed by atoms with Crippen molar-refractivity contribution in [3.05, 3.63) is 64.5 Å². The molecule has 0 aliphatic carbocycles. The maximum Gasteiger partial charge on any atom is 0.0961 e. The molecule has 0 unspecified atom stereocenters. The summed E-state index contributed by atoms with van der Waals surface area (Å²) in [6, 6.07) is 10.6. The van der Waals surface area contributed by atoms with Crippen LogP contribution in [0.1, 0.15) is 27.8 Å². The predicted molar refractivity (Wildman–Crippen MR) is 84.2 cm³/mol. The van der Waals surface area contributed by atoms with Gasteiger partial charge < -0.3 is 4.57 Å². The molecule has 3 rings (SSSR count). The molecule has 0 fully saturated rings. The second kappa shape index (κ2) is 4.78. The molecule has 0 aliphatic heterocycles. The Labute approximate surface area is 120 Å². The van der Waals surface area contributed by atoms with Gasteiger partial charge in [-0.3, -0.25) is 0 Å². The number of fused-ring (bicyclic) bond motifs is 1. The van der Waals surface area contributed by atoms with E-state index in [9.17, 15) is 0 Å². The highest BCUT2D eigenvalue weighted by Gasteiger charge is 2.10. The summed E-state index contributed by atoms with van der Waals surface area (Å²) < 4.78 is 2.24. The van der Waals surface area contributed by atoms with Crippen molar-refractivity contribution in [3.8, 4) is 0 Å². The molecule has 2 nitrogen and oxygen atoms in total. The zero-order valence-corrected chi connectivity index (χ0v) is 12.6. The van der Waals surface area contributed by atoms with Crippen LogP contribution in [0.15, 0.2) is 36.7 Å². The lowest BCUT2D eigenvalue weighted by Gasteiger charge is -2.16. The minimum Gasteiger partial charge on any atom is -0.326 e. The van der Waals surface area contributed by atoms with Crippen LogP contribution < -0.4 is 0 Å². The van der Waals surface area contributed by atoms with Crippen LogP contribution in [0.5, 0.6) is 0 Å². The van der Waals surface area contributed by atoms with E-state index in [1.807, 2.05) is 12.4 Å². The van der Waals surface area contributed by atoms with E-state index >= 15 is 0 Å². The number of benzene rings is 2. The molecule has 0 atom stereocenters. The Hall–Kier alpha value is -2.09. The van der Waals surface area contributed by atoms with Gasteiger partial charge in [-0.25, -0.2) is 4.98 Å². The molecular formula is C18H20N2. The molecule has 2 heteroatoms. The maximum atomic E-state index is 4.48. The lowest BCUT2D eigenvalue weighted by Crippen LogP contribution is -2.05. The third-order valence-corrected chi connectivity index (χ3v) is 4.38. The average molecular weight is 264 g/mol. The van der Waals surface area contributed by atoms with Gasteiger partial charge >= 0.3 is 0 Å². The van der Waals surface area contributed by atoms with Crippen LogP contribution in [0.2, 0.25) is 0 Å². The van der Waals surface area contributed by atoms with Crippen molar-refractivity contribution in [2.75, 3.05) is 0 Å². The third kappa shape index (κ3) is 2.01. The van der Waals surface area contributed by atoms with Crippen molar-refractivity contribution in [1.82, 2.24) is 9.55 Å². The highest BCUT2D eigenvalue weighted by Crippen LogP contribution is 2.24. The summed E-state index contributed by atoms with van der Waals surface area (Å²) >= 11 is 0. The van der Waals surface area contributed by atoms with Crippen LogP contribution in [0.3, 0.4) is 0 Å². The second-order valence-corrected chi connectivity index (χ2v) is 5.60. The van der Waals surface area contributed by atoms with E-state index in [4.69, 9.17) is 0 Å². The summed E-state index contributed by atoms with van der Waals surface area (Å²) in [7, 11) is 0. The van der Waals surface area contributed by atoms with E-state index in [2.05, 4.69) is 61.5 Å². The Morgan fingerprint density at radius 1 is 0.950 bits per heavy atom. The molecule has 1 aromatic heterocycles. The van der Waals surface area contributed by atoms with Gasteiger partial charge in [0.15, 0.2) is 0 Å². The Bertz CT molecular complexity index is 755. The van der Waals surface area contributed by atoms with Crippen molar-refractivity contribution >= 4 is 11.0 Å². The summed E-state index contributed by atoms with van der Waals surface area (Å²) in [5, 5.41) is 0. The number of hydrogen-bond acceptors (Lipinski definition) is 1. The monoisotopic (exact) mass is 264 g/mol. The normalized spacial score (nSPS) is 11.2. The fraction of sp³-hybridized carbons (Fsp3) is 0.278. The fourth-order valence-corrected chi connectivity index (χ4v) is 2.84. The van der Waals surface area contributed by atoms with E-state index in [1.54, 1.807) is 0 Å².